The Labute approximate surface area is 81.6 Å². The maximum Gasteiger partial charge on any atom is 0.0861 e. The first-order valence-electron chi connectivity index (χ1n) is 5.36. The molecule has 2 heteroatoms. The normalized spacial score (nSPS) is 30.9. The molecule has 1 fully saturated rings. The summed E-state index contributed by atoms with van der Waals surface area (Å²) in [7, 11) is 0. The zero-order valence-electron chi connectivity index (χ0n) is 9.25. The summed E-state index contributed by atoms with van der Waals surface area (Å²) in [5.41, 5.74) is 0. The lowest BCUT2D eigenvalue weighted by atomic mass is 9.94. The Morgan fingerprint density at radius 3 is 1.54 bits per heavy atom. The van der Waals surface area contributed by atoms with Crippen molar-refractivity contribution in [2.24, 2.45) is 11.8 Å². The lowest BCUT2D eigenvalue weighted by Crippen LogP contribution is -2.38. The molecule has 1 aliphatic heterocycles. The minimum Gasteiger partial charge on any atom is -0.375 e. The first kappa shape index (κ1) is 11.0. The predicted molar refractivity (Wildman–Crippen MR) is 53.8 cm³/mol. The molecule has 0 bridgehead atoms. The summed E-state index contributed by atoms with van der Waals surface area (Å²) in [6, 6.07) is 0. The molecule has 13 heavy (non-hydrogen) atoms. The molecule has 0 aromatic heterocycles. The highest BCUT2D eigenvalue weighted by Crippen LogP contribution is 2.23. The molecule has 0 N–H and O–H groups in total. The minimum absolute atomic E-state index is 0.280. The summed E-state index contributed by atoms with van der Waals surface area (Å²) >= 11 is 0. The van der Waals surface area contributed by atoms with Crippen molar-refractivity contribution in [3.8, 4) is 0 Å². The van der Waals surface area contributed by atoms with Gasteiger partial charge >= 0.3 is 0 Å². The van der Waals surface area contributed by atoms with Crippen LogP contribution in [0.1, 0.15) is 34.1 Å². The van der Waals surface area contributed by atoms with E-state index in [2.05, 4.69) is 27.7 Å². The highest BCUT2D eigenvalue weighted by Gasteiger charge is 2.30. The zero-order chi connectivity index (χ0) is 9.84. The van der Waals surface area contributed by atoms with Gasteiger partial charge in [-0.3, -0.25) is 0 Å². The van der Waals surface area contributed by atoms with Crippen LogP contribution in [-0.4, -0.2) is 25.4 Å². The number of ether oxygens (including phenoxy) is 2. The van der Waals surface area contributed by atoms with Crippen LogP contribution in [0, 0.1) is 11.8 Å². The average molecular weight is 186 g/mol. The van der Waals surface area contributed by atoms with Gasteiger partial charge in [0, 0.05) is 13.2 Å². The van der Waals surface area contributed by atoms with Gasteiger partial charge in [0.05, 0.1) is 12.2 Å². The molecule has 2 atom stereocenters. The lowest BCUT2D eigenvalue weighted by molar-refractivity contribution is -0.0776. The first-order chi connectivity index (χ1) is 6.13. The summed E-state index contributed by atoms with van der Waals surface area (Å²) in [6.07, 6.45) is 1.59. The van der Waals surface area contributed by atoms with Crippen LogP contribution in [0.5, 0.6) is 0 Å². The topological polar surface area (TPSA) is 18.5 Å². The van der Waals surface area contributed by atoms with E-state index in [1.807, 2.05) is 0 Å². The van der Waals surface area contributed by atoms with E-state index in [1.165, 1.54) is 0 Å². The third-order valence-electron chi connectivity index (χ3n) is 2.55. The molecule has 0 aromatic carbocycles. The van der Waals surface area contributed by atoms with Crippen molar-refractivity contribution in [2.75, 3.05) is 13.2 Å². The fraction of sp³-hybridized carbons (Fsp3) is 1.00. The zero-order valence-corrected chi connectivity index (χ0v) is 9.25. The molecule has 0 saturated carbocycles. The maximum atomic E-state index is 5.81. The van der Waals surface area contributed by atoms with Gasteiger partial charge in [-0.25, -0.2) is 0 Å². The van der Waals surface area contributed by atoms with Gasteiger partial charge in [0.1, 0.15) is 0 Å². The predicted octanol–water partition coefficient (Wildman–Crippen LogP) is 2.47. The summed E-state index contributed by atoms with van der Waals surface area (Å²) in [5, 5.41) is 0. The van der Waals surface area contributed by atoms with E-state index < -0.39 is 0 Å². The number of hydrogen-bond acceptors (Lipinski definition) is 2. The van der Waals surface area contributed by atoms with Gasteiger partial charge in [-0.15, -0.1) is 0 Å². The Morgan fingerprint density at radius 1 is 0.846 bits per heavy atom. The van der Waals surface area contributed by atoms with Crippen LogP contribution in [-0.2, 0) is 9.47 Å². The summed E-state index contributed by atoms with van der Waals surface area (Å²) < 4.78 is 11.6. The van der Waals surface area contributed by atoms with E-state index in [9.17, 15) is 0 Å². The van der Waals surface area contributed by atoms with Crippen molar-refractivity contribution < 1.29 is 9.47 Å². The smallest absolute Gasteiger partial charge is 0.0861 e. The van der Waals surface area contributed by atoms with E-state index in [-0.39, 0.29) is 12.2 Å². The molecule has 2 nitrogen and oxygen atoms in total. The molecule has 0 radical (unpaired) electrons. The van der Waals surface area contributed by atoms with Crippen LogP contribution in [0.25, 0.3) is 0 Å². The van der Waals surface area contributed by atoms with Gasteiger partial charge in [-0.05, 0) is 18.3 Å². The fourth-order valence-corrected chi connectivity index (χ4v) is 1.83. The maximum absolute atomic E-state index is 5.81. The van der Waals surface area contributed by atoms with E-state index in [4.69, 9.17) is 9.47 Å². The lowest BCUT2D eigenvalue weighted by Gasteiger charge is -2.30. The van der Waals surface area contributed by atoms with Crippen molar-refractivity contribution in [1.82, 2.24) is 0 Å². The van der Waals surface area contributed by atoms with Crippen LogP contribution in [0.2, 0.25) is 0 Å². The second-order valence-corrected chi connectivity index (χ2v) is 4.51. The largest absolute Gasteiger partial charge is 0.375 e. The van der Waals surface area contributed by atoms with Gasteiger partial charge < -0.3 is 9.47 Å². The average Bonchev–Trinajstić information content (AvgIpc) is 2.27. The third kappa shape index (κ3) is 2.96. The van der Waals surface area contributed by atoms with E-state index in [0.717, 1.165) is 19.6 Å². The SMILES string of the molecule is CC(C)C1OCCCOC1C(C)C. The molecule has 1 heterocycles. The molecule has 1 aliphatic rings. The van der Waals surface area contributed by atoms with Gasteiger partial charge in [-0.1, -0.05) is 27.7 Å². The summed E-state index contributed by atoms with van der Waals surface area (Å²) in [5.74, 6) is 1.09. The molecule has 78 valence electrons. The molecule has 0 spiro atoms. The molecule has 2 unspecified atom stereocenters. The van der Waals surface area contributed by atoms with Gasteiger partial charge in [0.25, 0.3) is 0 Å². The molecule has 0 aromatic rings. The van der Waals surface area contributed by atoms with Crippen molar-refractivity contribution >= 4 is 0 Å². The minimum atomic E-state index is 0.280. The Bertz CT molecular complexity index is 127. The molecular formula is C11H22O2. The van der Waals surface area contributed by atoms with Crippen LogP contribution in [0.15, 0.2) is 0 Å². The number of hydrogen-bond donors (Lipinski definition) is 0. The highest BCUT2D eigenvalue weighted by molar-refractivity contribution is 4.78. The Hall–Kier alpha value is -0.0800. The molecule has 0 aliphatic carbocycles. The van der Waals surface area contributed by atoms with Gasteiger partial charge in [-0.2, -0.15) is 0 Å². The molecular weight excluding hydrogens is 164 g/mol. The Balaban J connectivity index is 2.61. The second kappa shape index (κ2) is 4.97. The summed E-state index contributed by atoms with van der Waals surface area (Å²) in [4.78, 5) is 0. The third-order valence-corrected chi connectivity index (χ3v) is 2.55. The second-order valence-electron chi connectivity index (χ2n) is 4.51. The highest BCUT2D eigenvalue weighted by atomic mass is 16.5. The van der Waals surface area contributed by atoms with E-state index >= 15 is 0 Å². The van der Waals surface area contributed by atoms with E-state index in [0.29, 0.717) is 11.8 Å². The Kier molecular flexibility index (Phi) is 4.20. The van der Waals surface area contributed by atoms with Crippen molar-refractivity contribution in [1.29, 1.82) is 0 Å². The molecule has 1 rings (SSSR count). The fourth-order valence-electron chi connectivity index (χ4n) is 1.83. The Morgan fingerprint density at radius 2 is 1.23 bits per heavy atom. The van der Waals surface area contributed by atoms with Crippen molar-refractivity contribution in [2.45, 2.75) is 46.3 Å². The van der Waals surface area contributed by atoms with Crippen LogP contribution >= 0.6 is 0 Å². The van der Waals surface area contributed by atoms with Crippen LogP contribution in [0.4, 0.5) is 0 Å². The number of rotatable bonds is 2. The monoisotopic (exact) mass is 186 g/mol. The van der Waals surface area contributed by atoms with Gasteiger partial charge in [0.2, 0.25) is 0 Å². The van der Waals surface area contributed by atoms with Crippen LogP contribution in [0.3, 0.4) is 0 Å². The standard InChI is InChI=1S/C11H22O2/c1-8(2)10-11(9(3)4)13-7-5-6-12-10/h8-11H,5-7H2,1-4H3. The van der Waals surface area contributed by atoms with Crippen molar-refractivity contribution in [3.63, 3.8) is 0 Å². The molecule has 1 saturated heterocycles. The van der Waals surface area contributed by atoms with Crippen LogP contribution < -0.4 is 0 Å². The quantitative estimate of drug-likeness (QED) is 0.659. The van der Waals surface area contributed by atoms with Crippen molar-refractivity contribution in [3.05, 3.63) is 0 Å². The molecule has 0 amide bonds. The van der Waals surface area contributed by atoms with Gasteiger partial charge in [0.15, 0.2) is 0 Å². The first-order valence-corrected chi connectivity index (χ1v) is 5.36. The summed E-state index contributed by atoms with van der Waals surface area (Å²) in [6.45, 7) is 10.5. The van der Waals surface area contributed by atoms with E-state index in [1.54, 1.807) is 0 Å².